The number of anilines is 10. The number of hydrogen-bond acceptors (Lipinski definition) is 25. The number of fused-ring (bicyclic) bond motifs is 10. The second kappa shape index (κ2) is 38.1. The van der Waals surface area contributed by atoms with Crippen LogP contribution in [-0.4, -0.2) is 237 Å². The minimum absolute atomic E-state index is 0.00748. The molecule has 0 aromatic carbocycles. The van der Waals surface area contributed by atoms with Crippen molar-refractivity contribution >= 4 is 127 Å². The number of alkyl halides is 9. The number of aromatic nitrogens is 20. The standard InChI is InChI=1S/2C20H21F3N6O.C19H20ClFN6O.C19H21FN6O.C19H20N6O/c1-28-11-13(10-25-28)26-18-24-7-4-16(27-18)12-8-14-2-3-15(9-12)29(14)17(30)19(5-6-19)20(21,22)23;1-28-10-12(9-25-28)26-19-24-5-4-17(27-19)11-6-13-2-3-14(7-11)29(13)18(30)15-8-16(15)20(21,22)23;1-26-10-12(9-23-26)24-18-22-5-4-16(25-18)11-6-13-2-3-14(7-11)27(13)17(28)15-8-19(15,20)21;1-25-10-12(9-22-25)23-19-21-5-4-17(24-19)11-6-13-2-3-14(7-11)26(13)18(27)15-8-16(15)20;1-3-4-18(26)25-15-5-6-16(25)10-13(9-15)17-7-8-20-19(23-17)22-14-11-21-24(2)12-14/h4,7-8,10-11,14-15H,2-3,5-6,9H2,1H3,(H,24,26,27);4-6,9-10,13-16H,2-3,7-8H2,1H3,(H,24,26,27);4-6,9-10,13-15H,2-3,7-8H2,1H3,(H,22,24,25);4-6,9-10,13-16H,2-3,7-8H2,1H3,(H,21,23,24);1,7-9,11-12,15-16H,4-6,10H2,2H3,(H,20,22,23). The monoisotopic (exact) mass is 1950 g/mol. The molecule has 35 nitrogen and oxygen atoms in total. The maximum absolute atomic E-state index is 13.8. The number of amides is 5. The second-order valence-corrected chi connectivity index (χ2v) is 39.1. The Labute approximate surface area is 809 Å². The van der Waals surface area contributed by atoms with E-state index in [9.17, 15) is 59.1 Å². The molecule has 141 heavy (non-hydrogen) atoms. The van der Waals surface area contributed by atoms with E-state index in [0.717, 1.165) is 143 Å². The largest absolute Gasteiger partial charge is 0.403 e. The predicted molar refractivity (Wildman–Crippen MR) is 503 cm³/mol. The van der Waals surface area contributed by atoms with Crippen LogP contribution in [0.4, 0.5) is 93.3 Å². The average Bonchev–Trinajstić information content (AvgIpc) is 1.56. The molecule has 0 spiro atoms. The van der Waals surface area contributed by atoms with Crippen molar-refractivity contribution in [1.29, 1.82) is 0 Å². The molecular weight excluding hydrogens is 1850 g/mol. The van der Waals surface area contributed by atoms with Gasteiger partial charge in [-0.05, 0) is 180 Å². The van der Waals surface area contributed by atoms with Crippen molar-refractivity contribution in [2.45, 2.75) is 219 Å². The summed E-state index contributed by atoms with van der Waals surface area (Å²) >= 11 is 5.69. The minimum Gasteiger partial charge on any atom is -0.333 e. The number of carbonyl (C=O) groups excluding carboxylic acids is 5. The maximum atomic E-state index is 13.8. The Kier molecular flexibility index (Phi) is 25.5. The molecule has 10 aromatic rings. The molecule has 10 aromatic heterocycles. The molecule has 5 saturated heterocycles. The Morgan fingerprint density at radius 2 is 0.695 bits per heavy atom. The number of halogens is 9. The number of terminal acetylenes is 1. The van der Waals surface area contributed by atoms with Crippen LogP contribution < -0.4 is 26.6 Å². The van der Waals surface area contributed by atoms with Crippen LogP contribution in [0.1, 0.15) is 163 Å². The Bertz CT molecular complexity index is 6670. The fraction of sp³-hybridized carbons (Fsp3) is 0.464. The summed E-state index contributed by atoms with van der Waals surface area (Å²) in [7, 11) is 9.18. The smallest absolute Gasteiger partial charge is 0.333 e. The molecule has 4 saturated carbocycles. The quantitative estimate of drug-likeness (QED) is 0.0269. The van der Waals surface area contributed by atoms with Gasteiger partial charge in [0, 0.05) is 134 Å². The van der Waals surface area contributed by atoms with Gasteiger partial charge in [0.2, 0.25) is 59.3 Å². The fourth-order valence-corrected chi connectivity index (χ4v) is 21.6. The first-order valence-electron chi connectivity index (χ1n) is 47.4. The van der Waals surface area contributed by atoms with E-state index < -0.39 is 58.6 Å². The molecule has 734 valence electrons. The SMILES string of the molecule is C#CCC(=O)N1C2C=C(c3ccnc(Nc4cnn(C)c4)n3)CC1CC2.Cn1cc(Nc2nccc(C3=CC4CCC(C3)N4C(=O)C3(C(F)(F)F)CC3)n2)cn1.Cn1cc(Nc2nccc(C3=CC4CCC(C3)N4C(=O)C3CC3(F)Cl)n2)cn1.Cn1cc(Nc2nccc(C3=CC4CCC(C3)N4C(=O)C3CC3C(F)(F)F)n2)cn1.Cn1cc(Nc2nccc(C3=CC4CCC(C3)N4C(=O)C3CC3F)n2)cn1. The summed E-state index contributed by atoms with van der Waals surface area (Å²) in [5.41, 5.74) is 11.3. The Morgan fingerprint density at radius 3 is 0.929 bits per heavy atom. The third-order valence-corrected chi connectivity index (χ3v) is 29.0. The van der Waals surface area contributed by atoms with E-state index in [1.54, 1.807) is 103 Å². The Morgan fingerprint density at radius 1 is 0.418 bits per heavy atom. The molecule has 24 rings (SSSR count). The van der Waals surface area contributed by atoms with Gasteiger partial charge in [-0.1, -0.05) is 47.9 Å². The molecule has 5 N–H and O–H groups in total. The number of aryl methyl sites for hydroxylation is 5. The molecule has 4 aliphatic carbocycles. The number of rotatable bonds is 20. The highest BCUT2D eigenvalue weighted by molar-refractivity contribution is 6.27. The molecule has 10 aliphatic heterocycles. The van der Waals surface area contributed by atoms with Crippen molar-refractivity contribution < 1.29 is 59.1 Å². The lowest BCUT2D eigenvalue weighted by Crippen LogP contribution is -2.50. The summed E-state index contributed by atoms with van der Waals surface area (Å²) in [5, 5.41) is 34.4. The predicted octanol–water partition coefficient (Wildman–Crippen LogP) is 14.3. The van der Waals surface area contributed by atoms with E-state index in [2.05, 4.69) is 126 Å². The van der Waals surface area contributed by atoms with Crippen LogP contribution in [0.2, 0.25) is 0 Å². The van der Waals surface area contributed by atoms with E-state index in [1.165, 1.54) is 10.5 Å². The molecule has 0 radical (unpaired) electrons. The zero-order valence-electron chi connectivity index (χ0n) is 77.6. The number of nitrogens with one attached hydrogen (secondary N) is 5. The van der Waals surface area contributed by atoms with Gasteiger partial charge in [-0.15, -0.1) is 6.42 Å². The lowest BCUT2D eigenvalue weighted by molar-refractivity contribution is -0.199. The van der Waals surface area contributed by atoms with E-state index >= 15 is 0 Å². The summed E-state index contributed by atoms with van der Waals surface area (Å²) in [4.78, 5) is 116. The van der Waals surface area contributed by atoms with Gasteiger partial charge in [0.1, 0.15) is 11.6 Å². The van der Waals surface area contributed by atoms with Crippen LogP contribution >= 0.6 is 11.6 Å². The van der Waals surface area contributed by atoms with Gasteiger partial charge in [-0.2, -0.15) is 51.8 Å². The topological polar surface area (TPSA) is 380 Å². The van der Waals surface area contributed by atoms with Crippen molar-refractivity contribution in [3.63, 3.8) is 0 Å². The van der Waals surface area contributed by atoms with Crippen LogP contribution in [-0.2, 0) is 59.2 Å². The van der Waals surface area contributed by atoms with E-state index in [1.807, 2.05) is 111 Å². The van der Waals surface area contributed by atoms with E-state index in [0.29, 0.717) is 68.3 Å². The normalized spacial score (nSPS) is 26.7. The van der Waals surface area contributed by atoms with Crippen LogP contribution in [0.5, 0.6) is 0 Å². The van der Waals surface area contributed by atoms with Crippen molar-refractivity contribution in [3.05, 3.63) is 182 Å². The first kappa shape index (κ1) is 94.4. The number of carbonyl (C=O) groups is 5. The van der Waals surface area contributed by atoms with Crippen molar-refractivity contribution in [1.82, 2.24) is 123 Å². The molecule has 20 heterocycles. The first-order valence-corrected chi connectivity index (χ1v) is 47.7. The van der Waals surface area contributed by atoms with E-state index in [4.69, 9.17) is 18.0 Å². The number of hydrogen-bond donors (Lipinski definition) is 5. The fourth-order valence-electron chi connectivity index (χ4n) is 21.4. The van der Waals surface area contributed by atoms with Crippen molar-refractivity contribution in [3.8, 4) is 12.3 Å². The maximum Gasteiger partial charge on any atom is 0.403 e. The molecule has 14 aliphatic rings. The number of nitrogens with zero attached hydrogens (tertiary/aromatic N) is 25. The van der Waals surface area contributed by atoms with Crippen LogP contribution in [0.3, 0.4) is 0 Å². The summed E-state index contributed by atoms with van der Waals surface area (Å²) in [6.45, 7) is 0. The van der Waals surface area contributed by atoms with Gasteiger partial charge in [-0.25, -0.2) is 58.6 Å². The van der Waals surface area contributed by atoms with E-state index in [-0.39, 0.29) is 116 Å². The zero-order chi connectivity index (χ0) is 98.2. The third-order valence-electron chi connectivity index (χ3n) is 28.6. The Hall–Kier alpha value is -14.2. The van der Waals surface area contributed by atoms with Crippen LogP contribution in [0, 0.1) is 41.4 Å². The van der Waals surface area contributed by atoms with Gasteiger partial charge in [-0.3, -0.25) is 47.4 Å². The van der Waals surface area contributed by atoms with Gasteiger partial charge < -0.3 is 51.1 Å². The molecule has 16 atom stereocenters. The van der Waals surface area contributed by atoms with Gasteiger partial charge in [0.25, 0.3) is 0 Å². The second-order valence-electron chi connectivity index (χ2n) is 38.5. The molecule has 9 fully saturated rings. The highest BCUT2D eigenvalue weighted by Crippen LogP contribution is 2.61. The van der Waals surface area contributed by atoms with Crippen molar-refractivity contribution in [2.75, 3.05) is 26.6 Å². The summed E-state index contributed by atoms with van der Waals surface area (Å²) < 4.78 is 115. The molecule has 5 amide bonds. The summed E-state index contributed by atoms with van der Waals surface area (Å²) in [6.07, 6.45) is 44.5. The third kappa shape index (κ3) is 20.3. The average molecular weight is 1960 g/mol. The van der Waals surface area contributed by atoms with Gasteiger partial charge in [0.05, 0.1) is 148 Å². The van der Waals surface area contributed by atoms with Crippen LogP contribution in [0.25, 0.3) is 27.9 Å². The molecule has 16 unspecified atom stereocenters. The lowest BCUT2D eigenvalue weighted by Gasteiger charge is -2.37. The molecular formula is C97H103ClF8N30O5. The first-order chi connectivity index (χ1) is 67.7. The zero-order valence-corrected chi connectivity index (χ0v) is 78.4. The molecule has 10 bridgehead atoms. The highest BCUT2D eigenvalue weighted by Gasteiger charge is 2.71. The van der Waals surface area contributed by atoms with Crippen molar-refractivity contribution in [2.24, 2.45) is 64.3 Å². The van der Waals surface area contributed by atoms with Gasteiger partial charge >= 0.3 is 12.4 Å². The molecule has 44 heteroatoms. The summed E-state index contributed by atoms with van der Waals surface area (Å²) in [5.74, 6) is 0.198. The lowest BCUT2D eigenvalue weighted by atomic mass is 9.95. The van der Waals surface area contributed by atoms with Crippen LogP contribution in [0.15, 0.2) is 154 Å². The Balaban J connectivity index is 0.000000108. The highest BCUT2D eigenvalue weighted by atomic mass is 35.5. The minimum atomic E-state index is -4.48. The summed E-state index contributed by atoms with van der Waals surface area (Å²) in [6, 6.07) is 9.15. The van der Waals surface area contributed by atoms with Gasteiger partial charge in [0.15, 0.2) is 5.13 Å².